The summed E-state index contributed by atoms with van der Waals surface area (Å²) in [6.07, 6.45) is 0.888. The van der Waals surface area contributed by atoms with Crippen LogP contribution in [0.1, 0.15) is 22.3 Å². The Morgan fingerprint density at radius 2 is 1.09 bits per heavy atom. The minimum absolute atomic E-state index is 0.609. The first-order valence-corrected chi connectivity index (χ1v) is 9.29. The lowest BCUT2D eigenvalue weighted by Gasteiger charge is -2.10. The normalized spacial score (nSPS) is 12.0. The molecule has 0 radical (unpaired) electrons. The maximum absolute atomic E-state index is 12.5. The van der Waals surface area contributed by atoms with E-state index in [1.165, 1.54) is 16.7 Å². The van der Waals surface area contributed by atoms with Crippen molar-refractivity contribution < 1.29 is 4.21 Å². The predicted molar refractivity (Wildman–Crippen MR) is 97.7 cm³/mol. The molecule has 0 aromatic heterocycles. The molecule has 0 heterocycles. The number of benzene rings is 3. The summed E-state index contributed by atoms with van der Waals surface area (Å²) in [4.78, 5) is 0. The molecule has 2 heteroatoms. The first-order chi connectivity index (χ1) is 11.3. The second-order valence-electron chi connectivity index (χ2n) is 5.65. The smallest absolute Gasteiger partial charge is 0.0491 e. The molecule has 0 aliphatic heterocycles. The summed E-state index contributed by atoms with van der Waals surface area (Å²) in [5.74, 6) is 1.22. The van der Waals surface area contributed by atoms with Crippen LogP contribution in [0.4, 0.5) is 0 Å². The van der Waals surface area contributed by atoms with E-state index in [1.54, 1.807) is 0 Å². The molecule has 3 aromatic carbocycles. The zero-order chi connectivity index (χ0) is 15.9. The van der Waals surface area contributed by atoms with Gasteiger partial charge in [0.15, 0.2) is 0 Å². The van der Waals surface area contributed by atoms with Crippen molar-refractivity contribution in [3.05, 3.63) is 107 Å². The SMILES string of the molecule is O=S(Cc1ccccc1)Cc1ccccc1Cc1ccccc1. The number of rotatable bonds is 6. The van der Waals surface area contributed by atoms with Gasteiger partial charge in [-0.25, -0.2) is 0 Å². The van der Waals surface area contributed by atoms with Crippen LogP contribution in [-0.4, -0.2) is 4.21 Å². The van der Waals surface area contributed by atoms with Gasteiger partial charge in [-0.05, 0) is 28.7 Å². The lowest BCUT2D eigenvalue weighted by Crippen LogP contribution is -2.03. The molecule has 3 aromatic rings. The lowest BCUT2D eigenvalue weighted by molar-refractivity contribution is 0.682. The largest absolute Gasteiger partial charge is 0.259 e. The fourth-order valence-electron chi connectivity index (χ4n) is 2.67. The van der Waals surface area contributed by atoms with Crippen LogP contribution < -0.4 is 0 Å². The van der Waals surface area contributed by atoms with Gasteiger partial charge in [-0.15, -0.1) is 0 Å². The van der Waals surface area contributed by atoms with Crippen molar-refractivity contribution in [1.82, 2.24) is 0 Å². The summed E-state index contributed by atoms with van der Waals surface area (Å²) in [6, 6.07) is 28.8. The fourth-order valence-corrected chi connectivity index (χ4v) is 3.97. The molecule has 1 unspecified atom stereocenters. The van der Waals surface area contributed by atoms with Gasteiger partial charge in [0.2, 0.25) is 0 Å². The third-order valence-corrected chi connectivity index (χ3v) is 5.13. The quantitative estimate of drug-likeness (QED) is 0.642. The Morgan fingerprint density at radius 3 is 1.74 bits per heavy atom. The van der Waals surface area contributed by atoms with Gasteiger partial charge in [0, 0.05) is 22.3 Å². The van der Waals surface area contributed by atoms with Crippen LogP contribution in [0.2, 0.25) is 0 Å². The Kier molecular flexibility index (Phi) is 5.38. The number of hydrogen-bond acceptors (Lipinski definition) is 1. The van der Waals surface area contributed by atoms with Crippen LogP contribution in [0, 0.1) is 0 Å². The minimum atomic E-state index is -0.890. The number of hydrogen-bond donors (Lipinski definition) is 0. The van der Waals surface area contributed by atoms with Crippen LogP contribution >= 0.6 is 0 Å². The monoisotopic (exact) mass is 320 g/mol. The third-order valence-electron chi connectivity index (χ3n) is 3.84. The average Bonchev–Trinajstić information content (AvgIpc) is 2.58. The highest BCUT2D eigenvalue weighted by atomic mass is 32.2. The molecule has 0 aliphatic rings. The highest BCUT2D eigenvalue weighted by molar-refractivity contribution is 7.83. The van der Waals surface area contributed by atoms with Crippen LogP contribution in [0.3, 0.4) is 0 Å². The first kappa shape index (κ1) is 15.7. The van der Waals surface area contributed by atoms with Gasteiger partial charge in [0.1, 0.15) is 0 Å². The highest BCUT2D eigenvalue weighted by Gasteiger charge is 2.08. The van der Waals surface area contributed by atoms with Gasteiger partial charge >= 0.3 is 0 Å². The van der Waals surface area contributed by atoms with Crippen LogP contribution in [-0.2, 0) is 28.7 Å². The summed E-state index contributed by atoms with van der Waals surface area (Å²) in [5.41, 5.74) is 4.87. The second kappa shape index (κ2) is 7.89. The van der Waals surface area contributed by atoms with E-state index in [0.29, 0.717) is 11.5 Å². The van der Waals surface area contributed by atoms with Crippen molar-refractivity contribution in [3.63, 3.8) is 0 Å². The van der Waals surface area contributed by atoms with Crippen molar-refractivity contribution in [2.24, 2.45) is 0 Å². The zero-order valence-electron chi connectivity index (χ0n) is 13.0. The summed E-state index contributed by atoms with van der Waals surface area (Å²) in [7, 11) is -0.890. The van der Waals surface area contributed by atoms with Crippen molar-refractivity contribution in [2.75, 3.05) is 0 Å². The van der Waals surface area contributed by atoms with E-state index < -0.39 is 10.8 Å². The Bertz CT molecular complexity index is 766. The molecule has 0 N–H and O–H groups in total. The standard InChI is InChI=1S/C21H20OS/c22-23(16-19-11-5-2-6-12-19)17-21-14-8-7-13-20(21)15-18-9-3-1-4-10-18/h1-14H,15-17H2. The van der Waals surface area contributed by atoms with E-state index in [2.05, 4.69) is 42.5 Å². The first-order valence-electron chi connectivity index (χ1n) is 7.81. The van der Waals surface area contributed by atoms with Crippen LogP contribution in [0.15, 0.2) is 84.9 Å². The molecular weight excluding hydrogens is 300 g/mol. The molecule has 3 rings (SSSR count). The van der Waals surface area contributed by atoms with E-state index in [-0.39, 0.29) is 0 Å². The van der Waals surface area contributed by atoms with E-state index in [1.807, 2.05) is 42.5 Å². The fraction of sp³-hybridized carbons (Fsp3) is 0.143. The Hall–Kier alpha value is -2.19. The predicted octanol–water partition coefficient (Wildman–Crippen LogP) is 4.73. The molecule has 0 saturated carbocycles. The van der Waals surface area contributed by atoms with Crippen molar-refractivity contribution >= 4 is 10.8 Å². The molecule has 0 saturated heterocycles. The maximum atomic E-state index is 12.5. The van der Waals surface area contributed by atoms with E-state index in [0.717, 1.165) is 12.0 Å². The molecule has 0 bridgehead atoms. The van der Waals surface area contributed by atoms with E-state index in [9.17, 15) is 4.21 Å². The van der Waals surface area contributed by atoms with Crippen molar-refractivity contribution in [1.29, 1.82) is 0 Å². The second-order valence-corrected chi connectivity index (χ2v) is 7.10. The van der Waals surface area contributed by atoms with Gasteiger partial charge in [0.25, 0.3) is 0 Å². The minimum Gasteiger partial charge on any atom is -0.259 e. The molecule has 1 nitrogen and oxygen atoms in total. The van der Waals surface area contributed by atoms with Crippen molar-refractivity contribution in [2.45, 2.75) is 17.9 Å². The maximum Gasteiger partial charge on any atom is 0.0491 e. The van der Waals surface area contributed by atoms with Gasteiger partial charge in [-0.2, -0.15) is 0 Å². The molecule has 23 heavy (non-hydrogen) atoms. The topological polar surface area (TPSA) is 17.1 Å². The Balaban J connectivity index is 1.71. The molecule has 0 fully saturated rings. The third kappa shape index (κ3) is 4.64. The van der Waals surface area contributed by atoms with Gasteiger partial charge in [-0.3, -0.25) is 4.21 Å². The zero-order valence-corrected chi connectivity index (χ0v) is 13.8. The van der Waals surface area contributed by atoms with Gasteiger partial charge < -0.3 is 0 Å². The summed E-state index contributed by atoms with van der Waals surface area (Å²) in [5, 5.41) is 0. The van der Waals surface area contributed by atoms with Gasteiger partial charge in [-0.1, -0.05) is 84.9 Å². The molecular formula is C21H20OS. The lowest BCUT2D eigenvalue weighted by atomic mass is 10.0. The van der Waals surface area contributed by atoms with E-state index >= 15 is 0 Å². The molecule has 1 atom stereocenters. The van der Waals surface area contributed by atoms with Gasteiger partial charge in [0.05, 0.1) is 0 Å². The molecule has 0 amide bonds. The molecule has 116 valence electrons. The van der Waals surface area contributed by atoms with Crippen molar-refractivity contribution in [3.8, 4) is 0 Å². The van der Waals surface area contributed by atoms with Crippen LogP contribution in [0.25, 0.3) is 0 Å². The molecule has 0 spiro atoms. The average molecular weight is 320 g/mol. The highest BCUT2D eigenvalue weighted by Crippen LogP contribution is 2.17. The molecule has 0 aliphatic carbocycles. The van der Waals surface area contributed by atoms with Crippen LogP contribution in [0.5, 0.6) is 0 Å². The summed E-state index contributed by atoms with van der Waals surface area (Å²) < 4.78 is 12.5. The Morgan fingerprint density at radius 1 is 0.565 bits per heavy atom. The summed E-state index contributed by atoms with van der Waals surface area (Å²) >= 11 is 0. The summed E-state index contributed by atoms with van der Waals surface area (Å²) in [6.45, 7) is 0. The van der Waals surface area contributed by atoms with E-state index in [4.69, 9.17) is 0 Å². The Labute approximate surface area is 140 Å².